The van der Waals surface area contributed by atoms with Crippen LogP contribution in [0.3, 0.4) is 0 Å². The van der Waals surface area contributed by atoms with Crippen LogP contribution in [0.5, 0.6) is 0 Å². The van der Waals surface area contributed by atoms with Crippen LogP contribution >= 0.6 is 0 Å². The summed E-state index contributed by atoms with van der Waals surface area (Å²) in [5.74, 6) is -0.822. The van der Waals surface area contributed by atoms with Gasteiger partial charge in [0.05, 0.1) is 24.3 Å². The monoisotopic (exact) mass is 308 g/mol. The first kappa shape index (κ1) is 14.3. The van der Waals surface area contributed by atoms with Gasteiger partial charge in [0.15, 0.2) is 10.8 Å². The molecular weight excluding hydrogens is 296 g/mol. The second kappa shape index (κ2) is 4.58. The lowest BCUT2D eigenvalue weighted by molar-refractivity contribution is 0.291. The molecule has 0 bridgehead atoms. The topological polar surface area (TPSA) is 95.2 Å². The van der Waals surface area contributed by atoms with E-state index < -0.39 is 16.7 Å². The van der Waals surface area contributed by atoms with Gasteiger partial charge in [-0.05, 0) is 17.1 Å². The molecule has 1 aromatic rings. The molecule has 24 heavy (non-hydrogen) atoms. The van der Waals surface area contributed by atoms with Gasteiger partial charge in [-0.25, -0.2) is 0 Å². The second-order valence-corrected chi connectivity index (χ2v) is 6.59. The lowest BCUT2D eigenvalue weighted by atomic mass is 9.63. The molecule has 112 valence electrons. The Labute approximate surface area is 140 Å². The molecule has 4 nitrogen and oxygen atoms in total. The Bertz CT molecular complexity index is 915. The van der Waals surface area contributed by atoms with Crippen molar-refractivity contribution in [2.24, 2.45) is 34.5 Å². The fourth-order valence-electron chi connectivity index (χ4n) is 4.89. The summed E-state index contributed by atoms with van der Waals surface area (Å²) in [6.07, 6.45) is 5.88. The van der Waals surface area contributed by atoms with E-state index in [1.807, 2.05) is 60.7 Å². The van der Waals surface area contributed by atoms with Gasteiger partial charge in [0, 0.05) is 17.8 Å². The smallest absolute Gasteiger partial charge is 0.182 e. The number of rotatable bonds is 1. The van der Waals surface area contributed by atoms with Crippen LogP contribution in [0.15, 0.2) is 48.6 Å². The Balaban J connectivity index is 1.96. The summed E-state index contributed by atoms with van der Waals surface area (Å²) >= 11 is 0. The van der Waals surface area contributed by atoms with Gasteiger partial charge < -0.3 is 0 Å². The Morgan fingerprint density at radius 2 is 1.33 bits per heavy atom. The summed E-state index contributed by atoms with van der Waals surface area (Å²) in [5, 5.41) is 39.1. The zero-order chi connectivity index (χ0) is 16.9. The maximum atomic E-state index is 9.82. The lowest BCUT2D eigenvalue weighted by Crippen LogP contribution is -2.39. The molecular formula is C20H12N4. The van der Waals surface area contributed by atoms with Gasteiger partial charge in [0.2, 0.25) is 0 Å². The highest BCUT2D eigenvalue weighted by Gasteiger charge is 2.74. The van der Waals surface area contributed by atoms with Crippen LogP contribution in [0, 0.1) is 79.8 Å². The van der Waals surface area contributed by atoms with Crippen LogP contribution in [-0.2, 0) is 0 Å². The van der Waals surface area contributed by atoms with Gasteiger partial charge in [-0.3, -0.25) is 0 Å². The minimum atomic E-state index is -1.63. The molecule has 0 radical (unpaired) electrons. The standard InChI is InChI=1S/C20H12N4/c21-9-19(10-22)16-7-6-14-15(13-4-2-1-3-5-13)8-17(18(14)16)20(19,11-23)12-24/h1-8,14,16-18H. The molecule has 0 aliphatic heterocycles. The average molecular weight is 308 g/mol. The fourth-order valence-corrected chi connectivity index (χ4v) is 4.89. The normalized spacial score (nSPS) is 32.8. The van der Waals surface area contributed by atoms with Gasteiger partial charge >= 0.3 is 0 Å². The second-order valence-electron chi connectivity index (χ2n) is 6.59. The van der Waals surface area contributed by atoms with Crippen molar-refractivity contribution in [2.75, 3.05) is 0 Å². The van der Waals surface area contributed by atoms with Gasteiger partial charge in [-0.15, -0.1) is 0 Å². The summed E-state index contributed by atoms with van der Waals surface area (Å²) in [7, 11) is 0. The van der Waals surface area contributed by atoms with Crippen LogP contribution in [0.2, 0.25) is 0 Å². The summed E-state index contributed by atoms with van der Waals surface area (Å²) in [6.45, 7) is 0. The molecule has 4 heteroatoms. The van der Waals surface area contributed by atoms with E-state index in [-0.39, 0.29) is 17.8 Å². The Morgan fingerprint density at radius 3 is 1.92 bits per heavy atom. The molecule has 1 aromatic carbocycles. The molecule has 0 spiro atoms. The number of nitrogens with zero attached hydrogens (tertiary/aromatic N) is 4. The molecule has 0 heterocycles. The molecule has 4 unspecified atom stereocenters. The summed E-state index contributed by atoms with van der Waals surface area (Å²) in [5.41, 5.74) is -1.10. The highest BCUT2D eigenvalue weighted by Crippen LogP contribution is 2.70. The molecule has 0 amide bonds. The maximum Gasteiger partial charge on any atom is 0.182 e. The van der Waals surface area contributed by atoms with E-state index in [2.05, 4.69) is 12.1 Å². The minimum absolute atomic E-state index is 0.0482. The van der Waals surface area contributed by atoms with E-state index in [1.165, 1.54) is 0 Å². The van der Waals surface area contributed by atoms with Crippen LogP contribution in [-0.4, -0.2) is 0 Å². The van der Waals surface area contributed by atoms with Gasteiger partial charge in [0.25, 0.3) is 0 Å². The van der Waals surface area contributed by atoms with Crippen LogP contribution in [0.4, 0.5) is 0 Å². The molecule has 3 aliphatic rings. The zero-order valence-electron chi connectivity index (χ0n) is 12.7. The number of hydrogen-bond donors (Lipinski definition) is 0. The van der Waals surface area contributed by atoms with Crippen molar-refractivity contribution in [3.63, 3.8) is 0 Å². The van der Waals surface area contributed by atoms with E-state index in [0.717, 1.165) is 11.1 Å². The molecule has 0 N–H and O–H groups in total. The van der Waals surface area contributed by atoms with Gasteiger partial charge in [0.1, 0.15) is 0 Å². The average Bonchev–Trinajstić information content (AvgIpc) is 3.28. The molecule has 0 saturated heterocycles. The SMILES string of the molecule is N#CC1(C#N)C2C=CC3C(c4ccccc4)=CC(C32)C1(C#N)C#N. The molecule has 4 atom stereocenters. The summed E-state index contributed by atoms with van der Waals surface area (Å²) < 4.78 is 0. The van der Waals surface area contributed by atoms with E-state index in [0.29, 0.717) is 0 Å². The van der Waals surface area contributed by atoms with Crippen LogP contribution in [0.1, 0.15) is 5.56 Å². The lowest BCUT2D eigenvalue weighted by Gasteiger charge is -2.28. The molecule has 1 fully saturated rings. The third-order valence-electron chi connectivity index (χ3n) is 5.92. The largest absolute Gasteiger partial charge is 0.196 e. The minimum Gasteiger partial charge on any atom is -0.196 e. The highest BCUT2D eigenvalue weighted by atomic mass is 14.7. The van der Waals surface area contributed by atoms with Gasteiger partial charge in [-0.2, -0.15) is 21.0 Å². The number of benzene rings is 1. The van der Waals surface area contributed by atoms with Crippen LogP contribution in [0.25, 0.3) is 5.57 Å². The molecule has 1 saturated carbocycles. The predicted molar refractivity (Wildman–Crippen MR) is 84.8 cm³/mol. The van der Waals surface area contributed by atoms with Gasteiger partial charge in [-0.1, -0.05) is 48.6 Å². The van der Waals surface area contributed by atoms with E-state index in [1.54, 1.807) is 0 Å². The first-order valence-electron chi connectivity index (χ1n) is 7.79. The zero-order valence-corrected chi connectivity index (χ0v) is 12.7. The number of hydrogen-bond acceptors (Lipinski definition) is 4. The van der Waals surface area contributed by atoms with Crippen molar-refractivity contribution in [2.45, 2.75) is 0 Å². The number of nitriles is 4. The maximum absolute atomic E-state index is 9.82. The highest BCUT2D eigenvalue weighted by molar-refractivity contribution is 5.74. The third kappa shape index (κ3) is 1.31. The number of allylic oxidation sites excluding steroid dienone is 4. The predicted octanol–water partition coefficient (Wildman–Crippen LogP) is 3.20. The van der Waals surface area contributed by atoms with Crippen molar-refractivity contribution in [1.82, 2.24) is 0 Å². The van der Waals surface area contributed by atoms with Crippen molar-refractivity contribution in [3.05, 3.63) is 54.1 Å². The van der Waals surface area contributed by atoms with Crippen LogP contribution < -0.4 is 0 Å². The van der Waals surface area contributed by atoms with Crippen molar-refractivity contribution >= 4 is 5.57 Å². The Morgan fingerprint density at radius 1 is 0.750 bits per heavy atom. The summed E-state index contributed by atoms with van der Waals surface area (Å²) in [6, 6.07) is 18.1. The fraction of sp³-hybridized carbons (Fsp3) is 0.300. The van der Waals surface area contributed by atoms with E-state index in [9.17, 15) is 21.0 Å². The molecule has 3 aliphatic carbocycles. The Hall–Kier alpha value is -3.34. The Kier molecular flexibility index (Phi) is 2.72. The van der Waals surface area contributed by atoms with Crippen molar-refractivity contribution in [3.8, 4) is 24.3 Å². The van der Waals surface area contributed by atoms with Crippen molar-refractivity contribution < 1.29 is 0 Å². The summed E-state index contributed by atoms with van der Waals surface area (Å²) in [4.78, 5) is 0. The van der Waals surface area contributed by atoms with E-state index in [4.69, 9.17) is 0 Å². The molecule has 4 rings (SSSR count). The quantitative estimate of drug-likeness (QED) is 0.744. The van der Waals surface area contributed by atoms with E-state index >= 15 is 0 Å². The first-order chi connectivity index (χ1) is 11.7. The first-order valence-corrected chi connectivity index (χ1v) is 7.79. The molecule has 0 aromatic heterocycles. The van der Waals surface area contributed by atoms with Crippen molar-refractivity contribution in [1.29, 1.82) is 21.0 Å². The third-order valence-corrected chi connectivity index (χ3v) is 5.92.